The molecule has 2 unspecified atom stereocenters. The van der Waals surface area contributed by atoms with Crippen molar-refractivity contribution in [2.24, 2.45) is 5.92 Å². The van der Waals surface area contributed by atoms with Gasteiger partial charge in [-0.3, -0.25) is 9.59 Å². The number of aromatic amines is 1. The molecule has 4 aromatic rings. The molecule has 4 rings (SSSR count). The molecule has 1 amide bonds. The second-order valence-electron chi connectivity index (χ2n) is 7.26. The molecule has 0 bridgehead atoms. The second kappa shape index (κ2) is 7.87. The molecule has 2 N–H and O–H groups in total. The molecule has 0 saturated carbocycles. The summed E-state index contributed by atoms with van der Waals surface area (Å²) in [4.78, 5) is 33.3. The highest BCUT2D eigenvalue weighted by molar-refractivity contribution is 5.81. The highest BCUT2D eigenvalue weighted by atomic mass is 16.2. The first-order chi connectivity index (χ1) is 14.1. The highest BCUT2D eigenvalue weighted by Crippen LogP contribution is 2.24. The molecule has 7 nitrogen and oxygen atoms in total. The van der Waals surface area contributed by atoms with Crippen molar-refractivity contribution in [1.82, 2.24) is 25.1 Å². The molecule has 2 atom stereocenters. The Morgan fingerprint density at radius 1 is 1.17 bits per heavy atom. The van der Waals surface area contributed by atoms with Gasteiger partial charge in [0, 0.05) is 5.39 Å². The van der Waals surface area contributed by atoms with Crippen molar-refractivity contribution in [3.8, 4) is 0 Å². The van der Waals surface area contributed by atoms with E-state index >= 15 is 0 Å². The number of nitrogens with zero attached hydrogens (tertiary/aromatic N) is 3. The van der Waals surface area contributed by atoms with Gasteiger partial charge in [0.05, 0.1) is 28.7 Å². The fourth-order valence-corrected chi connectivity index (χ4v) is 3.43. The van der Waals surface area contributed by atoms with E-state index in [4.69, 9.17) is 0 Å². The Bertz CT molecular complexity index is 1190. The Balaban J connectivity index is 1.59. The summed E-state index contributed by atoms with van der Waals surface area (Å²) in [6, 6.07) is 14.7. The monoisotopic (exact) mass is 389 g/mol. The molecule has 0 aliphatic rings. The largest absolute Gasteiger partial charge is 0.344 e. The summed E-state index contributed by atoms with van der Waals surface area (Å²) >= 11 is 0. The Morgan fingerprint density at radius 2 is 1.93 bits per heavy atom. The topological polar surface area (TPSA) is 92.7 Å². The molecule has 29 heavy (non-hydrogen) atoms. The third kappa shape index (κ3) is 3.76. The average molecular weight is 389 g/mol. The lowest BCUT2D eigenvalue weighted by molar-refractivity contribution is -0.123. The summed E-state index contributed by atoms with van der Waals surface area (Å²) in [5.41, 5.74) is 1.51. The number of fused-ring (bicyclic) bond motifs is 2. The minimum atomic E-state index is -0.281. The van der Waals surface area contributed by atoms with Crippen molar-refractivity contribution in [3.63, 3.8) is 0 Å². The summed E-state index contributed by atoms with van der Waals surface area (Å²) in [5.74, 6) is 0.606. The van der Waals surface area contributed by atoms with E-state index in [9.17, 15) is 9.59 Å². The van der Waals surface area contributed by atoms with Crippen LogP contribution < -0.4 is 10.9 Å². The second-order valence-corrected chi connectivity index (χ2v) is 7.26. The van der Waals surface area contributed by atoms with Gasteiger partial charge in [0.15, 0.2) is 0 Å². The third-order valence-electron chi connectivity index (χ3n) is 5.29. The van der Waals surface area contributed by atoms with Gasteiger partial charge < -0.3 is 10.3 Å². The van der Waals surface area contributed by atoms with Gasteiger partial charge in [-0.15, -0.1) is 0 Å². The van der Waals surface area contributed by atoms with Crippen LogP contribution in [-0.4, -0.2) is 25.7 Å². The number of amides is 1. The van der Waals surface area contributed by atoms with Crippen LogP contribution in [0.1, 0.15) is 32.1 Å². The van der Waals surface area contributed by atoms with Crippen molar-refractivity contribution in [2.75, 3.05) is 0 Å². The smallest absolute Gasteiger partial charge is 0.275 e. The van der Waals surface area contributed by atoms with Gasteiger partial charge in [0.1, 0.15) is 12.4 Å². The van der Waals surface area contributed by atoms with Gasteiger partial charge >= 0.3 is 0 Å². The van der Waals surface area contributed by atoms with E-state index in [1.54, 1.807) is 18.3 Å². The van der Waals surface area contributed by atoms with Crippen LogP contribution in [0.15, 0.2) is 59.5 Å². The molecule has 0 spiro atoms. The summed E-state index contributed by atoms with van der Waals surface area (Å²) in [6.45, 7) is 4.00. The standard InChI is InChI=1S/C22H23N5O2/c1-3-14(2)20(21-24-17-10-6-7-11-18(17)25-21)26-19(28)13-27-22(29)16-9-5-4-8-15(16)12-23-27/h4-12,14,20H,3,13H2,1-2H3,(H,24,25)(H,26,28). The number of H-pyrrole nitrogens is 1. The lowest BCUT2D eigenvalue weighted by atomic mass is 9.98. The number of aromatic nitrogens is 4. The summed E-state index contributed by atoms with van der Waals surface area (Å²) < 4.78 is 1.20. The van der Waals surface area contributed by atoms with Gasteiger partial charge in [-0.2, -0.15) is 5.10 Å². The Morgan fingerprint density at radius 3 is 2.72 bits per heavy atom. The van der Waals surface area contributed by atoms with Crippen molar-refractivity contribution >= 4 is 27.7 Å². The molecule has 2 heterocycles. The number of benzene rings is 2. The summed E-state index contributed by atoms with van der Waals surface area (Å²) in [5, 5.41) is 8.49. The maximum Gasteiger partial charge on any atom is 0.275 e. The quantitative estimate of drug-likeness (QED) is 0.530. The van der Waals surface area contributed by atoms with Crippen molar-refractivity contribution in [3.05, 3.63) is 70.9 Å². The molecule has 2 aromatic heterocycles. The van der Waals surface area contributed by atoms with Gasteiger partial charge in [-0.05, 0) is 24.1 Å². The number of hydrogen-bond donors (Lipinski definition) is 2. The Hall–Kier alpha value is -3.48. The lowest BCUT2D eigenvalue weighted by Crippen LogP contribution is -2.38. The maximum atomic E-state index is 12.8. The molecule has 2 aromatic carbocycles. The first-order valence-corrected chi connectivity index (χ1v) is 9.75. The zero-order valence-corrected chi connectivity index (χ0v) is 16.4. The summed E-state index contributed by atoms with van der Waals surface area (Å²) in [6.07, 6.45) is 2.48. The number of rotatable bonds is 6. The zero-order chi connectivity index (χ0) is 20.4. The van der Waals surface area contributed by atoms with E-state index in [1.165, 1.54) is 4.68 Å². The van der Waals surface area contributed by atoms with Crippen LogP contribution in [-0.2, 0) is 11.3 Å². The van der Waals surface area contributed by atoms with Crippen LogP contribution in [0.5, 0.6) is 0 Å². The first-order valence-electron chi connectivity index (χ1n) is 9.75. The van der Waals surface area contributed by atoms with E-state index in [0.29, 0.717) is 11.2 Å². The average Bonchev–Trinajstić information content (AvgIpc) is 3.17. The molecular formula is C22H23N5O2. The minimum Gasteiger partial charge on any atom is -0.344 e. The third-order valence-corrected chi connectivity index (χ3v) is 5.29. The molecule has 0 saturated heterocycles. The molecular weight excluding hydrogens is 366 g/mol. The summed E-state index contributed by atoms with van der Waals surface area (Å²) in [7, 11) is 0. The number of imidazole rings is 1. The number of nitrogens with one attached hydrogen (secondary N) is 2. The predicted octanol–water partition coefficient (Wildman–Crippen LogP) is 3.18. The van der Waals surface area contributed by atoms with Gasteiger partial charge in [0.2, 0.25) is 5.91 Å². The van der Waals surface area contributed by atoms with E-state index in [2.05, 4.69) is 34.2 Å². The molecule has 0 aliphatic heterocycles. The van der Waals surface area contributed by atoms with Crippen molar-refractivity contribution in [2.45, 2.75) is 32.9 Å². The SMILES string of the molecule is CCC(C)C(NC(=O)Cn1ncc2ccccc2c1=O)c1nc2ccccc2[nH]1. The number of para-hydroxylation sites is 2. The number of hydrogen-bond acceptors (Lipinski definition) is 4. The van der Waals surface area contributed by atoms with Gasteiger partial charge in [-0.25, -0.2) is 9.67 Å². The van der Waals surface area contributed by atoms with E-state index < -0.39 is 0 Å². The van der Waals surface area contributed by atoms with Crippen LogP contribution >= 0.6 is 0 Å². The minimum absolute atomic E-state index is 0.142. The van der Waals surface area contributed by atoms with E-state index in [-0.39, 0.29) is 30.0 Å². The fraction of sp³-hybridized carbons (Fsp3) is 0.273. The van der Waals surface area contributed by atoms with Crippen LogP contribution in [0.4, 0.5) is 0 Å². The Kier molecular flexibility index (Phi) is 5.12. The first kappa shape index (κ1) is 18.9. The number of carbonyl (C=O) groups excluding carboxylic acids is 1. The fourth-order valence-electron chi connectivity index (χ4n) is 3.43. The van der Waals surface area contributed by atoms with Crippen molar-refractivity contribution < 1.29 is 4.79 Å². The Labute approximate surface area is 167 Å². The highest BCUT2D eigenvalue weighted by Gasteiger charge is 2.24. The molecule has 0 fully saturated rings. The van der Waals surface area contributed by atoms with E-state index in [1.807, 2.05) is 36.4 Å². The van der Waals surface area contributed by atoms with Crippen LogP contribution in [0.3, 0.4) is 0 Å². The van der Waals surface area contributed by atoms with Gasteiger partial charge in [0.25, 0.3) is 5.56 Å². The molecule has 0 aliphatic carbocycles. The van der Waals surface area contributed by atoms with Gasteiger partial charge in [-0.1, -0.05) is 50.6 Å². The van der Waals surface area contributed by atoms with Crippen LogP contribution in [0.25, 0.3) is 21.8 Å². The van der Waals surface area contributed by atoms with Crippen LogP contribution in [0.2, 0.25) is 0 Å². The lowest BCUT2D eigenvalue weighted by Gasteiger charge is -2.22. The predicted molar refractivity (Wildman–Crippen MR) is 112 cm³/mol. The molecule has 7 heteroatoms. The molecule has 148 valence electrons. The van der Waals surface area contributed by atoms with Crippen molar-refractivity contribution in [1.29, 1.82) is 0 Å². The maximum absolute atomic E-state index is 12.8. The molecule has 0 radical (unpaired) electrons. The van der Waals surface area contributed by atoms with E-state index in [0.717, 1.165) is 22.8 Å². The zero-order valence-electron chi connectivity index (χ0n) is 16.4. The van der Waals surface area contributed by atoms with Crippen LogP contribution in [0, 0.1) is 5.92 Å². The normalized spacial score (nSPS) is 13.4. The number of carbonyl (C=O) groups is 1.